The minimum Gasteiger partial charge on any atom is -0.384 e. The van der Waals surface area contributed by atoms with Crippen LogP contribution in [0.3, 0.4) is 0 Å². The lowest BCUT2D eigenvalue weighted by molar-refractivity contribution is 0.0731. The first-order valence-corrected chi connectivity index (χ1v) is 33.5. The highest BCUT2D eigenvalue weighted by molar-refractivity contribution is 7.93. The molecule has 3 aliphatic carbocycles. The molecule has 0 saturated carbocycles. The number of amides is 3. The molecule has 428 valence electrons. The summed E-state index contributed by atoms with van der Waals surface area (Å²) in [6.07, 6.45) is 6.07. The summed E-state index contributed by atoms with van der Waals surface area (Å²) >= 11 is 3.06. The van der Waals surface area contributed by atoms with Gasteiger partial charge in [-0.25, -0.2) is 25.3 Å². The highest BCUT2D eigenvalue weighted by Gasteiger charge is 2.35. The van der Waals surface area contributed by atoms with E-state index in [1.54, 1.807) is 25.3 Å². The molecule has 0 bridgehead atoms. The minimum absolute atomic E-state index is 0.0150. The smallest absolute Gasteiger partial charge is 0.261 e. The second kappa shape index (κ2) is 25.5. The zero-order valence-corrected chi connectivity index (χ0v) is 50.2. The molecule has 2 aliphatic heterocycles. The molecule has 17 nitrogen and oxygen atoms in total. The number of hydrogen-bond donors (Lipinski definition) is 3. The molecular weight excluding hydrogens is 1140 g/mol. The van der Waals surface area contributed by atoms with Crippen molar-refractivity contribution in [1.29, 1.82) is 0 Å². The summed E-state index contributed by atoms with van der Waals surface area (Å²) in [5, 5.41) is 9.15. The van der Waals surface area contributed by atoms with E-state index in [4.69, 9.17) is 14.2 Å². The predicted octanol–water partition coefficient (Wildman–Crippen LogP) is 8.27. The van der Waals surface area contributed by atoms with E-state index in [0.29, 0.717) is 60.4 Å². The van der Waals surface area contributed by atoms with Crippen molar-refractivity contribution in [2.45, 2.75) is 103 Å². The number of ether oxygens (including phenoxy) is 3. The SMILES string of the molecule is COCCS(=O)(=O)c1ccc(C(=O)N[C@@H]2CCc3cc(C)ccc32)s1.CO[C@@H]1CCN(S(=O)(=O)c2ccc(C(=O)N[C@@H]3CCc4cc(C)ccc43)s2)C1.Cc1ccc2c(c1)CC[C@H]2NC(=O)c1ccc(S(=O)(=O)N2CCOCC2)s1. The number of benzene rings is 3. The molecule has 0 radical (unpaired) electrons. The molecule has 11 rings (SSSR count). The molecule has 2 saturated heterocycles. The molecule has 0 spiro atoms. The van der Waals surface area contributed by atoms with Gasteiger partial charge in [0, 0.05) is 40.4 Å². The van der Waals surface area contributed by atoms with E-state index in [1.807, 2.05) is 0 Å². The molecule has 3 aromatic carbocycles. The van der Waals surface area contributed by atoms with Gasteiger partial charge in [-0.15, -0.1) is 34.0 Å². The lowest BCUT2D eigenvalue weighted by atomic mass is 10.1. The Kier molecular flexibility index (Phi) is 19.0. The van der Waals surface area contributed by atoms with E-state index in [2.05, 4.69) is 91.3 Å². The van der Waals surface area contributed by atoms with Gasteiger partial charge in [-0.05, 0) is 135 Å². The summed E-state index contributed by atoms with van der Waals surface area (Å²) in [6.45, 7) is 8.62. The molecule has 3 amide bonds. The van der Waals surface area contributed by atoms with E-state index < -0.39 is 29.9 Å². The third-order valence-electron chi connectivity index (χ3n) is 14.9. The van der Waals surface area contributed by atoms with E-state index in [0.717, 1.165) is 89.2 Å². The highest BCUT2D eigenvalue weighted by atomic mass is 32.3. The largest absolute Gasteiger partial charge is 0.384 e. The van der Waals surface area contributed by atoms with Crippen molar-refractivity contribution < 1.29 is 53.8 Å². The Morgan fingerprint density at radius 3 is 1.34 bits per heavy atom. The van der Waals surface area contributed by atoms with E-state index in [-0.39, 0.29) is 66.9 Å². The Morgan fingerprint density at radius 1 is 0.537 bits per heavy atom. The van der Waals surface area contributed by atoms with Gasteiger partial charge in [0.15, 0.2) is 9.84 Å². The summed E-state index contributed by atoms with van der Waals surface area (Å²) in [7, 11) is -7.49. The van der Waals surface area contributed by atoms with Gasteiger partial charge in [-0.3, -0.25) is 14.4 Å². The standard InChI is InChI=1S/C20H24N2O4S2.C19H22N2O4S2.C18H21NO4S2/c1-13-3-5-16-14(11-13)4-6-17(16)21-20(23)18-7-8-19(27-18)28(24,25)22-10-9-15(12-22)26-2;1-13-2-4-15-14(12-13)3-5-16(15)20-19(22)17-6-7-18(26-17)27(23,24)21-8-10-25-11-9-21;1-12-3-5-14-13(11-12)4-6-15(14)19-18(20)16-7-8-17(24-16)25(21,22)10-9-23-2/h3,5,7-8,11,15,17H,4,6,9-10,12H2,1-2H3,(H,21,23);2,4,6-7,12,16H,3,5,8-11H2,1H3,(H,20,22);3,5,7-8,11,15H,4,6,9-10H2,1-2H3,(H,19,20)/t15-,17-;16-;15-/m111/s1. The number of morpholine rings is 1. The average Bonchev–Trinajstić information content (AvgIpc) is 4.32. The molecule has 80 heavy (non-hydrogen) atoms. The quantitative estimate of drug-likeness (QED) is 0.0884. The van der Waals surface area contributed by atoms with Crippen LogP contribution in [-0.2, 0) is 63.4 Å². The van der Waals surface area contributed by atoms with Crippen molar-refractivity contribution in [3.8, 4) is 0 Å². The minimum atomic E-state index is -3.58. The molecule has 6 aromatic rings. The molecule has 5 heterocycles. The summed E-state index contributed by atoms with van der Waals surface area (Å²) < 4.78 is 94.2. The van der Waals surface area contributed by atoms with Gasteiger partial charge in [-0.2, -0.15) is 8.61 Å². The van der Waals surface area contributed by atoms with Gasteiger partial charge < -0.3 is 30.2 Å². The number of methoxy groups -OCH3 is 2. The van der Waals surface area contributed by atoms with Gasteiger partial charge in [0.1, 0.15) is 12.6 Å². The molecule has 3 aromatic heterocycles. The van der Waals surface area contributed by atoms with Crippen LogP contribution >= 0.6 is 34.0 Å². The number of carbonyl (C=O) groups is 3. The number of sulfonamides is 2. The van der Waals surface area contributed by atoms with Crippen molar-refractivity contribution in [2.24, 2.45) is 0 Å². The van der Waals surface area contributed by atoms with Gasteiger partial charge >= 0.3 is 0 Å². The van der Waals surface area contributed by atoms with Crippen molar-refractivity contribution in [3.05, 3.63) is 156 Å². The Bertz CT molecular complexity index is 3590. The van der Waals surface area contributed by atoms with Crippen LogP contribution in [0.25, 0.3) is 0 Å². The summed E-state index contributed by atoms with van der Waals surface area (Å²) in [5.41, 5.74) is 11.0. The third kappa shape index (κ3) is 13.7. The maximum absolute atomic E-state index is 12.8. The molecule has 3 N–H and O–H groups in total. The zero-order chi connectivity index (χ0) is 56.9. The van der Waals surface area contributed by atoms with E-state index in [9.17, 15) is 39.6 Å². The number of thiophene rings is 3. The van der Waals surface area contributed by atoms with Crippen LogP contribution in [0.4, 0.5) is 0 Å². The number of nitrogens with one attached hydrogen (secondary N) is 3. The second-order valence-electron chi connectivity index (χ2n) is 20.5. The second-order valence-corrected chi connectivity index (χ2v) is 30.4. The van der Waals surface area contributed by atoms with Gasteiger partial charge in [0.2, 0.25) is 0 Å². The monoisotopic (exact) mass is 1210 g/mol. The number of sulfone groups is 1. The maximum Gasteiger partial charge on any atom is 0.261 e. The Hall–Kier alpha value is -5.18. The van der Waals surface area contributed by atoms with Gasteiger partial charge in [0.25, 0.3) is 37.8 Å². The predicted molar refractivity (Wildman–Crippen MR) is 310 cm³/mol. The highest BCUT2D eigenvalue weighted by Crippen LogP contribution is 2.36. The van der Waals surface area contributed by atoms with Crippen LogP contribution in [0.5, 0.6) is 0 Å². The third-order valence-corrected chi connectivity index (χ3v) is 25.1. The fourth-order valence-corrected chi connectivity index (χ4v) is 18.7. The van der Waals surface area contributed by atoms with E-state index >= 15 is 0 Å². The zero-order valence-electron chi connectivity index (χ0n) is 45.3. The Morgan fingerprint density at radius 2 is 0.938 bits per heavy atom. The number of aryl methyl sites for hydroxylation is 6. The number of carbonyl (C=O) groups excluding carboxylic acids is 3. The topological polar surface area (TPSA) is 224 Å². The number of fused-ring (bicyclic) bond motifs is 3. The number of nitrogens with zero attached hydrogens (tertiary/aromatic N) is 2. The lowest BCUT2D eigenvalue weighted by Gasteiger charge is -2.25. The molecule has 4 atom stereocenters. The van der Waals surface area contributed by atoms with Crippen LogP contribution in [0.15, 0.2) is 104 Å². The first-order valence-electron chi connectivity index (χ1n) is 26.6. The molecule has 0 unspecified atom stereocenters. The van der Waals surface area contributed by atoms with Crippen molar-refractivity contribution in [3.63, 3.8) is 0 Å². The normalized spacial score (nSPS) is 19.9. The fourth-order valence-electron chi connectivity index (χ4n) is 10.6. The first-order chi connectivity index (χ1) is 38.2. The average molecular weight is 1210 g/mol. The van der Waals surface area contributed by atoms with Crippen LogP contribution in [-0.4, -0.2) is 124 Å². The van der Waals surface area contributed by atoms with Crippen LogP contribution in [0.1, 0.15) is 123 Å². The molecule has 23 heteroatoms. The first kappa shape index (κ1) is 59.4. The number of rotatable bonds is 15. The Balaban J connectivity index is 0.000000145. The lowest BCUT2D eigenvalue weighted by Crippen LogP contribution is -2.40. The number of hydrogen-bond acceptors (Lipinski definition) is 15. The molecule has 5 aliphatic rings. The van der Waals surface area contributed by atoms with Crippen molar-refractivity contribution in [1.82, 2.24) is 24.6 Å². The van der Waals surface area contributed by atoms with Crippen molar-refractivity contribution >= 4 is 81.6 Å². The van der Waals surface area contributed by atoms with Crippen molar-refractivity contribution in [2.75, 3.05) is 66.0 Å². The van der Waals surface area contributed by atoms with Crippen LogP contribution in [0, 0.1) is 20.8 Å². The van der Waals surface area contributed by atoms with Crippen LogP contribution in [0.2, 0.25) is 0 Å². The molecular formula is C57H67N5O12S6. The molecule has 2 fully saturated rings. The summed E-state index contributed by atoms with van der Waals surface area (Å²) in [4.78, 5) is 39.1. The fraction of sp³-hybridized carbons (Fsp3) is 0.421. The van der Waals surface area contributed by atoms with Gasteiger partial charge in [0.05, 0.1) is 64.4 Å². The Labute approximate surface area is 481 Å². The maximum atomic E-state index is 12.8. The van der Waals surface area contributed by atoms with E-state index in [1.165, 1.54) is 67.3 Å². The van der Waals surface area contributed by atoms with Crippen LogP contribution < -0.4 is 16.0 Å². The summed E-state index contributed by atoms with van der Waals surface area (Å²) in [5.74, 6) is -0.750. The van der Waals surface area contributed by atoms with Gasteiger partial charge in [-0.1, -0.05) is 71.3 Å². The summed E-state index contributed by atoms with van der Waals surface area (Å²) in [6, 6.07) is 28.1.